The van der Waals surface area contributed by atoms with E-state index in [-0.39, 0.29) is 11.8 Å². The Balaban J connectivity index is 3.15. The maximum atomic E-state index is 13.5. The molecule has 0 saturated carbocycles. The fourth-order valence-electron chi connectivity index (χ4n) is 1.79. The zero-order valence-corrected chi connectivity index (χ0v) is 10.9. The summed E-state index contributed by atoms with van der Waals surface area (Å²) in [5, 5.41) is 8.67. The molecule has 1 aromatic rings. The maximum Gasteiger partial charge on any atom is 0.167 e. The van der Waals surface area contributed by atoms with E-state index in [9.17, 15) is 4.39 Å². The predicted octanol–water partition coefficient (Wildman–Crippen LogP) is 2.54. The second kappa shape index (κ2) is 6.10. The molecule has 0 atom stereocenters. The summed E-state index contributed by atoms with van der Waals surface area (Å²) in [4.78, 5) is 1.96. The SMILES string of the molecule is COc1cc(N(CCC#N)C(C)C)c(N)cc1F. The maximum absolute atomic E-state index is 13.5. The second-order valence-corrected chi connectivity index (χ2v) is 4.24. The van der Waals surface area contributed by atoms with Gasteiger partial charge in [0, 0.05) is 24.7 Å². The molecule has 0 spiro atoms. The first-order valence-electron chi connectivity index (χ1n) is 5.77. The van der Waals surface area contributed by atoms with Crippen molar-refractivity contribution >= 4 is 11.4 Å². The average Bonchev–Trinajstić information content (AvgIpc) is 2.31. The van der Waals surface area contributed by atoms with Crippen LogP contribution in [0, 0.1) is 17.1 Å². The third-order valence-corrected chi connectivity index (χ3v) is 2.70. The zero-order chi connectivity index (χ0) is 13.7. The molecule has 0 bridgehead atoms. The number of anilines is 2. The van der Waals surface area contributed by atoms with E-state index in [0.29, 0.717) is 24.3 Å². The molecule has 0 radical (unpaired) electrons. The number of benzene rings is 1. The van der Waals surface area contributed by atoms with Crippen LogP contribution in [0.2, 0.25) is 0 Å². The van der Waals surface area contributed by atoms with Crippen molar-refractivity contribution in [2.75, 3.05) is 24.3 Å². The van der Waals surface area contributed by atoms with E-state index in [1.54, 1.807) is 6.07 Å². The minimum absolute atomic E-state index is 0.154. The van der Waals surface area contributed by atoms with Crippen LogP contribution < -0.4 is 15.4 Å². The average molecular weight is 251 g/mol. The summed E-state index contributed by atoms with van der Waals surface area (Å²) in [6, 6.07) is 5.07. The van der Waals surface area contributed by atoms with Crippen molar-refractivity contribution in [3.05, 3.63) is 17.9 Å². The van der Waals surface area contributed by atoms with Crippen LogP contribution in [0.1, 0.15) is 20.3 Å². The van der Waals surface area contributed by atoms with Gasteiger partial charge in [0.25, 0.3) is 0 Å². The molecule has 0 unspecified atom stereocenters. The van der Waals surface area contributed by atoms with Crippen LogP contribution in [0.5, 0.6) is 5.75 Å². The molecule has 1 aromatic carbocycles. The lowest BCUT2D eigenvalue weighted by Gasteiger charge is -2.29. The molecule has 2 N–H and O–H groups in total. The predicted molar refractivity (Wildman–Crippen MR) is 70.1 cm³/mol. The fraction of sp³-hybridized carbons (Fsp3) is 0.462. The first-order chi connectivity index (χ1) is 8.51. The Morgan fingerprint density at radius 1 is 1.50 bits per heavy atom. The molecule has 0 heterocycles. The molecule has 5 heteroatoms. The van der Waals surface area contributed by atoms with Gasteiger partial charge in [0.2, 0.25) is 0 Å². The molecule has 0 aliphatic rings. The van der Waals surface area contributed by atoms with Crippen molar-refractivity contribution in [1.82, 2.24) is 0 Å². The fourth-order valence-corrected chi connectivity index (χ4v) is 1.79. The Morgan fingerprint density at radius 2 is 2.17 bits per heavy atom. The minimum Gasteiger partial charge on any atom is -0.494 e. The van der Waals surface area contributed by atoms with E-state index in [2.05, 4.69) is 6.07 Å². The van der Waals surface area contributed by atoms with Gasteiger partial charge in [-0.25, -0.2) is 4.39 Å². The highest BCUT2D eigenvalue weighted by atomic mass is 19.1. The van der Waals surface area contributed by atoms with Gasteiger partial charge in [-0.1, -0.05) is 0 Å². The molecule has 0 amide bonds. The summed E-state index contributed by atoms with van der Waals surface area (Å²) >= 11 is 0. The molecule has 18 heavy (non-hydrogen) atoms. The van der Waals surface area contributed by atoms with Crippen LogP contribution in [-0.2, 0) is 0 Å². The quantitative estimate of drug-likeness (QED) is 0.817. The van der Waals surface area contributed by atoms with Crippen molar-refractivity contribution < 1.29 is 9.13 Å². The van der Waals surface area contributed by atoms with Crippen molar-refractivity contribution in [2.24, 2.45) is 0 Å². The molecule has 0 aliphatic heterocycles. The number of hydrogen-bond donors (Lipinski definition) is 1. The lowest BCUT2D eigenvalue weighted by molar-refractivity contribution is 0.386. The molecular weight excluding hydrogens is 233 g/mol. The Hall–Kier alpha value is -1.96. The number of nitrogens with two attached hydrogens (primary N) is 1. The normalized spacial score (nSPS) is 10.2. The number of ether oxygens (including phenoxy) is 1. The summed E-state index contributed by atoms with van der Waals surface area (Å²) in [6.45, 7) is 4.53. The molecule has 4 nitrogen and oxygen atoms in total. The highest BCUT2D eigenvalue weighted by molar-refractivity contribution is 5.70. The van der Waals surface area contributed by atoms with Crippen LogP contribution in [0.15, 0.2) is 12.1 Å². The van der Waals surface area contributed by atoms with Gasteiger partial charge in [-0.3, -0.25) is 0 Å². The summed E-state index contributed by atoms with van der Waals surface area (Å²) in [5.74, 6) is -0.329. The van der Waals surface area contributed by atoms with E-state index >= 15 is 0 Å². The van der Waals surface area contributed by atoms with Crippen molar-refractivity contribution in [3.8, 4) is 11.8 Å². The molecular formula is C13H18FN3O. The van der Waals surface area contributed by atoms with Gasteiger partial charge in [0.15, 0.2) is 11.6 Å². The van der Waals surface area contributed by atoms with E-state index in [4.69, 9.17) is 15.7 Å². The largest absolute Gasteiger partial charge is 0.494 e. The topological polar surface area (TPSA) is 62.3 Å². The molecule has 0 fully saturated rings. The first-order valence-corrected chi connectivity index (χ1v) is 5.77. The van der Waals surface area contributed by atoms with Crippen LogP contribution in [-0.4, -0.2) is 19.7 Å². The van der Waals surface area contributed by atoms with Gasteiger partial charge in [-0.05, 0) is 13.8 Å². The van der Waals surface area contributed by atoms with Gasteiger partial charge in [-0.15, -0.1) is 0 Å². The molecule has 0 aliphatic carbocycles. The number of rotatable bonds is 5. The number of halogens is 1. The summed E-state index contributed by atoms with van der Waals surface area (Å²) in [7, 11) is 1.41. The standard InChI is InChI=1S/C13H18FN3O/c1-9(2)17(6-4-5-15)12-8-13(18-3)10(14)7-11(12)16/h7-9H,4,6,16H2,1-3H3. The Labute approximate surface area is 107 Å². The third-order valence-electron chi connectivity index (χ3n) is 2.70. The van der Waals surface area contributed by atoms with Crippen LogP contribution >= 0.6 is 0 Å². The summed E-state index contributed by atoms with van der Waals surface area (Å²) in [5.41, 5.74) is 6.88. The van der Waals surface area contributed by atoms with Crippen LogP contribution in [0.25, 0.3) is 0 Å². The Bertz CT molecular complexity index is 454. The lowest BCUT2D eigenvalue weighted by Crippen LogP contribution is -2.32. The number of nitriles is 1. The Kier molecular flexibility index (Phi) is 4.78. The minimum atomic E-state index is -0.484. The van der Waals surface area contributed by atoms with Gasteiger partial charge in [0.1, 0.15) is 0 Å². The van der Waals surface area contributed by atoms with E-state index in [1.165, 1.54) is 13.2 Å². The van der Waals surface area contributed by atoms with Crippen molar-refractivity contribution in [3.63, 3.8) is 0 Å². The lowest BCUT2D eigenvalue weighted by atomic mass is 10.2. The van der Waals surface area contributed by atoms with E-state index in [0.717, 1.165) is 0 Å². The van der Waals surface area contributed by atoms with Crippen molar-refractivity contribution in [1.29, 1.82) is 5.26 Å². The smallest absolute Gasteiger partial charge is 0.167 e. The van der Waals surface area contributed by atoms with Gasteiger partial charge >= 0.3 is 0 Å². The summed E-state index contributed by atoms with van der Waals surface area (Å²) in [6.07, 6.45) is 0.386. The zero-order valence-electron chi connectivity index (χ0n) is 10.9. The first kappa shape index (κ1) is 14.1. The molecule has 1 rings (SSSR count). The molecule has 0 saturated heterocycles. The van der Waals surface area contributed by atoms with E-state index < -0.39 is 5.82 Å². The molecule has 0 aromatic heterocycles. The Morgan fingerprint density at radius 3 is 2.67 bits per heavy atom. The number of nitrogens with zero attached hydrogens (tertiary/aromatic N) is 2. The highest BCUT2D eigenvalue weighted by Crippen LogP contribution is 2.32. The van der Waals surface area contributed by atoms with Gasteiger partial charge in [-0.2, -0.15) is 5.26 Å². The second-order valence-electron chi connectivity index (χ2n) is 4.24. The van der Waals surface area contributed by atoms with E-state index in [1.807, 2.05) is 18.7 Å². The summed E-state index contributed by atoms with van der Waals surface area (Å²) < 4.78 is 18.4. The van der Waals surface area contributed by atoms with Gasteiger partial charge in [0.05, 0.1) is 31.0 Å². The van der Waals surface area contributed by atoms with Crippen LogP contribution in [0.4, 0.5) is 15.8 Å². The number of hydrogen-bond acceptors (Lipinski definition) is 4. The number of methoxy groups -OCH3 is 1. The molecule has 98 valence electrons. The highest BCUT2D eigenvalue weighted by Gasteiger charge is 2.16. The van der Waals surface area contributed by atoms with Crippen molar-refractivity contribution in [2.45, 2.75) is 26.3 Å². The third kappa shape index (κ3) is 3.04. The monoisotopic (exact) mass is 251 g/mol. The number of nitrogen functional groups attached to an aromatic ring is 1. The van der Waals surface area contributed by atoms with Crippen LogP contribution in [0.3, 0.4) is 0 Å². The van der Waals surface area contributed by atoms with Gasteiger partial charge < -0.3 is 15.4 Å².